The number of non-ortho nitro benzene ring substituents is 1. The molecule has 7 nitrogen and oxygen atoms in total. The van der Waals surface area contributed by atoms with E-state index in [-0.39, 0.29) is 10.6 Å². The predicted octanol–water partition coefficient (Wildman–Crippen LogP) is 4.28. The van der Waals surface area contributed by atoms with E-state index in [0.717, 1.165) is 22.6 Å². The Morgan fingerprint density at radius 3 is 2.69 bits per heavy atom. The molecule has 0 saturated heterocycles. The molecular weight excluding hydrogens is 408 g/mol. The SMILES string of the molecule is Cc1ccc(-n2c(S)c(C=C3C=NN=C3c3cccc([N+](=O)[O-])c3)sc2=O)cc1. The molecule has 3 aromatic rings. The molecule has 0 amide bonds. The minimum atomic E-state index is -0.456. The molecule has 0 unspecified atom stereocenters. The minimum absolute atomic E-state index is 0.0264. The lowest BCUT2D eigenvalue weighted by Gasteiger charge is -2.05. The third-order valence-corrected chi connectivity index (χ3v) is 5.83. The van der Waals surface area contributed by atoms with E-state index >= 15 is 0 Å². The van der Waals surface area contributed by atoms with Crippen molar-refractivity contribution < 1.29 is 4.92 Å². The second-order valence-corrected chi connectivity index (χ2v) is 7.74. The van der Waals surface area contributed by atoms with E-state index in [1.165, 1.54) is 16.7 Å². The molecule has 4 rings (SSSR count). The van der Waals surface area contributed by atoms with Crippen LogP contribution in [0.15, 0.2) is 74.1 Å². The molecule has 29 heavy (non-hydrogen) atoms. The second-order valence-electron chi connectivity index (χ2n) is 6.33. The van der Waals surface area contributed by atoms with Gasteiger partial charge in [0.15, 0.2) is 0 Å². The summed E-state index contributed by atoms with van der Waals surface area (Å²) >= 11 is 5.62. The normalized spacial score (nSPS) is 14.4. The van der Waals surface area contributed by atoms with Crippen molar-refractivity contribution >= 4 is 47.7 Å². The highest BCUT2D eigenvalue weighted by Gasteiger charge is 2.19. The van der Waals surface area contributed by atoms with Crippen LogP contribution >= 0.6 is 24.0 Å². The van der Waals surface area contributed by atoms with Gasteiger partial charge in [0.05, 0.1) is 26.7 Å². The Bertz CT molecular complexity index is 1270. The summed E-state index contributed by atoms with van der Waals surface area (Å²) in [4.78, 5) is 23.7. The van der Waals surface area contributed by atoms with E-state index < -0.39 is 4.92 Å². The van der Waals surface area contributed by atoms with Crippen LogP contribution in [0.25, 0.3) is 11.8 Å². The topological polar surface area (TPSA) is 89.9 Å². The number of nitrogens with zero attached hydrogens (tertiary/aromatic N) is 4. The smallest absolute Gasteiger partial charge is 0.262 e. The number of thiol groups is 1. The molecule has 1 aliphatic rings. The fourth-order valence-electron chi connectivity index (χ4n) is 2.90. The van der Waals surface area contributed by atoms with Crippen LogP contribution in [0.4, 0.5) is 5.69 Å². The number of hydrogen-bond donors (Lipinski definition) is 1. The summed E-state index contributed by atoms with van der Waals surface area (Å²) in [6.07, 6.45) is 3.33. The van der Waals surface area contributed by atoms with Gasteiger partial charge < -0.3 is 0 Å². The maximum Gasteiger partial charge on any atom is 0.313 e. The molecule has 0 spiro atoms. The first-order valence-electron chi connectivity index (χ1n) is 8.54. The van der Waals surface area contributed by atoms with Crippen molar-refractivity contribution in [3.05, 3.63) is 89.9 Å². The van der Waals surface area contributed by atoms with Gasteiger partial charge in [-0.25, -0.2) is 0 Å². The number of nitro benzene ring substituents is 1. The molecule has 144 valence electrons. The zero-order valence-corrected chi connectivity index (χ0v) is 16.9. The van der Waals surface area contributed by atoms with Gasteiger partial charge in [-0.1, -0.05) is 41.2 Å². The van der Waals surface area contributed by atoms with Gasteiger partial charge in [0, 0.05) is 23.3 Å². The largest absolute Gasteiger partial charge is 0.313 e. The van der Waals surface area contributed by atoms with Gasteiger partial charge in [-0.2, -0.15) is 5.10 Å². The maximum absolute atomic E-state index is 12.6. The standard InChI is InChI=1S/C20H14N4O3S2/c1-12-5-7-15(8-6-12)23-19(28)17(29-20(23)25)10-14-11-21-22-18(14)13-3-2-4-16(9-13)24(26)27/h2-11,28H,1H3. The van der Waals surface area contributed by atoms with Crippen molar-refractivity contribution in [2.75, 3.05) is 0 Å². The molecule has 0 atom stereocenters. The van der Waals surface area contributed by atoms with Crippen molar-refractivity contribution in [2.24, 2.45) is 10.2 Å². The lowest BCUT2D eigenvalue weighted by molar-refractivity contribution is -0.384. The molecule has 1 aromatic heterocycles. The zero-order chi connectivity index (χ0) is 20.5. The van der Waals surface area contributed by atoms with Crippen molar-refractivity contribution in [3.8, 4) is 5.69 Å². The first kappa shape index (κ1) is 19.0. The van der Waals surface area contributed by atoms with Crippen LogP contribution in [0.2, 0.25) is 0 Å². The van der Waals surface area contributed by atoms with E-state index in [0.29, 0.717) is 26.8 Å². The van der Waals surface area contributed by atoms with Crippen LogP contribution in [0.5, 0.6) is 0 Å². The summed E-state index contributed by atoms with van der Waals surface area (Å²) in [6.45, 7) is 1.98. The first-order valence-corrected chi connectivity index (χ1v) is 9.80. The average Bonchev–Trinajstić information content (AvgIpc) is 3.27. The minimum Gasteiger partial charge on any atom is -0.262 e. The predicted molar refractivity (Wildman–Crippen MR) is 118 cm³/mol. The maximum atomic E-state index is 12.6. The third kappa shape index (κ3) is 3.69. The second kappa shape index (κ2) is 7.61. The van der Waals surface area contributed by atoms with Crippen LogP contribution in [0, 0.1) is 17.0 Å². The summed E-state index contributed by atoms with van der Waals surface area (Å²) in [7, 11) is 0. The highest BCUT2D eigenvalue weighted by molar-refractivity contribution is 7.80. The molecule has 0 radical (unpaired) electrons. The number of aromatic nitrogens is 1. The Labute approximate surface area is 174 Å². The van der Waals surface area contributed by atoms with E-state index in [9.17, 15) is 14.9 Å². The molecule has 0 fully saturated rings. The highest BCUT2D eigenvalue weighted by Crippen LogP contribution is 2.26. The van der Waals surface area contributed by atoms with Gasteiger partial charge >= 0.3 is 4.87 Å². The van der Waals surface area contributed by atoms with Crippen molar-refractivity contribution in [1.29, 1.82) is 0 Å². The Balaban J connectivity index is 1.74. The van der Waals surface area contributed by atoms with Crippen LogP contribution in [0.1, 0.15) is 16.0 Å². The third-order valence-electron chi connectivity index (χ3n) is 4.35. The summed E-state index contributed by atoms with van der Waals surface area (Å²) in [5.41, 5.74) is 3.54. The number of nitro groups is 1. The number of thiazole rings is 1. The van der Waals surface area contributed by atoms with Crippen LogP contribution in [-0.4, -0.2) is 21.4 Å². The van der Waals surface area contributed by atoms with Gasteiger partial charge in [0.25, 0.3) is 5.69 Å². The Morgan fingerprint density at radius 2 is 1.97 bits per heavy atom. The number of aryl methyl sites for hydroxylation is 1. The fourth-order valence-corrected chi connectivity index (χ4v) is 4.22. The summed E-state index contributed by atoms with van der Waals surface area (Å²) in [6, 6.07) is 13.8. The highest BCUT2D eigenvalue weighted by atomic mass is 32.1. The Kier molecular flexibility index (Phi) is 4.99. The van der Waals surface area contributed by atoms with E-state index in [1.54, 1.807) is 24.4 Å². The lowest BCUT2D eigenvalue weighted by Crippen LogP contribution is -2.10. The van der Waals surface area contributed by atoms with Crippen molar-refractivity contribution in [1.82, 2.24) is 4.57 Å². The summed E-state index contributed by atoms with van der Waals surface area (Å²) in [5, 5.41) is 19.6. The van der Waals surface area contributed by atoms with Crippen molar-refractivity contribution in [2.45, 2.75) is 11.9 Å². The van der Waals surface area contributed by atoms with E-state index in [4.69, 9.17) is 0 Å². The monoisotopic (exact) mass is 422 g/mol. The van der Waals surface area contributed by atoms with Gasteiger partial charge in [0.2, 0.25) is 0 Å². The Morgan fingerprint density at radius 1 is 1.21 bits per heavy atom. The summed E-state index contributed by atoms with van der Waals surface area (Å²) < 4.78 is 1.54. The van der Waals surface area contributed by atoms with Gasteiger partial charge in [0.1, 0.15) is 5.71 Å². The Hall–Kier alpha value is -3.30. The van der Waals surface area contributed by atoms with Crippen molar-refractivity contribution in [3.63, 3.8) is 0 Å². The van der Waals surface area contributed by atoms with E-state index in [2.05, 4.69) is 22.8 Å². The fraction of sp³-hybridized carbons (Fsp3) is 0.0500. The summed E-state index contributed by atoms with van der Waals surface area (Å²) in [5.74, 6) is 0. The van der Waals surface area contributed by atoms with Gasteiger partial charge in [-0.05, 0) is 25.1 Å². The number of rotatable bonds is 4. The molecular formula is C20H14N4O3S2. The quantitative estimate of drug-likeness (QED) is 0.387. The van der Waals surface area contributed by atoms with Gasteiger partial charge in [-0.3, -0.25) is 19.5 Å². The van der Waals surface area contributed by atoms with Gasteiger partial charge in [-0.15, -0.1) is 17.7 Å². The number of allylic oxidation sites excluding steroid dienone is 1. The molecule has 9 heteroatoms. The van der Waals surface area contributed by atoms with Crippen LogP contribution < -0.4 is 4.87 Å². The average molecular weight is 422 g/mol. The molecule has 0 aliphatic carbocycles. The molecule has 0 bridgehead atoms. The molecule has 2 heterocycles. The van der Waals surface area contributed by atoms with E-state index in [1.807, 2.05) is 31.2 Å². The molecule has 0 saturated carbocycles. The van der Waals surface area contributed by atoms with Crippen LogP contribution in [-0.2, 0) is 0 Å². The first-order chi connectivity index (χ1) is 13.9. The molecule has 2 aromatic carbocycles. The van der Waals surface area contributed by atoms with Crippen LogP contribution in [0.3, 0.4) is 0 Å². The molecule has 1 aliphatic heterocycles. The lowest BCUT2D eigenvalue weighted by atomic mass is 10.0. The number of benzene rings is 2. The number of hydrogen-bond acceptors (Lipinski definition) is 7. The zero-order valence-electron chi connectivity index (χ0n) is 15.1. The molecule has 0 N–H and O–H groups in total.